The first-order valence-electron chi connectivity index (χ1n) is 7.18. The Morgan fingerprint density at radius 1 is 1.33 bits per heavy atom. The van der Waals surface area contributed by atoms with E-state index in [0.717, 1.165) is 11.4 Å². The van der Waals surface area contributed by atoms with Crippen LogP contribution in [0.2, 0.25) is 0 Å². The van der Waals surface area contributed by atoms with E-state index in [1.165, 1.54) is 5.56 Å². The number of carbonyl (C=O) groups is 2. The largest absolute Gasteiger partial charge is 0.495 e. The minimum Gasteiger partial charge on any atom is -0.495 e. The van der Waals surface area contributed by atoms with Crippen LogP contribution in [0.4, 0.5) is 5.69 Å². The number of anilines is 1. The molecule has 5 nitrogen and oxygen atoms in total. The summed E-state index contributed by atoms with van der Waals surface area (Å²) in [6.45, 7) is 4.25. The van der Waals surface area contributed by atoms with Crippen LogP contribution in [0.3, 0.4) is 0 Å². The highest BCUT2D eigenvalue weighted by atomic mass is 16.5. The van der Waals surface area contributed by atoms with Crippen molar-refractivity contribution in [3.63, 3.8) is 0 Å². The first kappa shape index (κ1) is 15.4. The number of hydrogen-bond acceptors (Lipinski definition) is 4. The van der Waals surface area contributed by atoms with Gasteiger partial charge in [0.05, 0.1) is 12.8 Å². The van der Waals surface area contributed by atoms with Crippen LogP contribution in [0.15, 0.2) is 18.2 Å². The Hall–Kier alpha value is -2.04. The van der Waals surface area contributed by atoms with Crippen LogP contribution in [-0.2, 0) is 9.59 Å². The fourth-order valence-corrected chi connectivity index (χ4v) is 2.56. The standard InChI is InChI=1S/C16H22N2O3/c1-10(2)11-5-6-12(14(9-11)21-4)18(3)13-7-8-15(19)17-16(13)20/h5-6,9-10,13H,7-8H2,1-4H3,(H,17,19,20). The molecule has 0 spiro atoms. The summed E-state index contributed by atoms with van der Waals surface area (Å²) in [5.41, 5.74) is 2.05. The van der Waals surface area contributed by atoms with E-state index in [4.69, 9.17) is 4.74 Å². The van der Waals surface area contributed by atoms with E-state index in [0.29, 0.717) is 18.8 Å². The molecule has 1 N–H and O–H groups in total. The Labute approximate surface area is 125 Å². The second-order valence-electron chi connectivity index (χ2n) is 5.66. The van der Waals surface area contributed by atoms with Gasteiger partial charge >= 0.3 is 0 Å². The zero-order valence-corrected chi connectivity index (χ0v) is 13.0. The number of likely N-dealkylation sites (N-methyl/N-ethyl adjacent to an activating group) is 1. The quantitative estimate of drug-likeness (QED) is 0.862. The number of amides is 2. The summed E-state index contributed by atoms with van der Waals surface area (Å²) in [4.78, 5) is 25.1. The average Bonchev–Trinajstić information content (AvgIpc) is 2.45. The summed E-state index contributed by atoms with van der Waals surface area (Å²) in [6, 6.07) is 5.67. The van der Waals surface area contributed by atoms with E-state index in [9.17, 15) is 9.59 Å². The minimum atomic E-state index is -0.346. The summed E-state index contributed by atoms with van der Waals surface area (Å²) >= 11 is 0. The van der Waals surface area contributed by atoms with Crippen molar-refractivity contribution in [3.8, 4) is 5.75 Å². The molecule has 2 amide bonds. The van der Waals surface area contributed by atoms with Crippen LogP contribution in [-0.4, -0.2) is 32.0 Å². The molecule has 0 saturated carbocycles. The molecular formula is C16H22N2O3. The summed E-state index contributed by atoms with van der Waals surface area (Å²) in [5, 5.41) is 2.39. The van der Waals surface area contributed by atoms with Crippen molar-refractivity contribution in [2.24, 2.45) is 0 Å². The molecule has 1 aliphatic rings. The van der Waals surface area contributed by atoms with Crippen LogP contribution in [0, 0.1) is 0 Å². The predicted molar refractivity (Wildman–Crippen MR) is 81.7 cm³/mol. The Morgan fingerprint density at radius 3 is 2.62 bits per heavy atom. The highest BCUT2D eigenvalue weighted by Gasteiger charge is 2.31. The zero-order valence-electron chi connectivity index (χ0n) is 13.0. The van der Waals surface area contributed by atoms with Gasteiger partial charge in [-0.15, -0.1) is 0 Å². The van der Waals surface area contributed by atoms with Crippen LogP contribution >= 0.6 is 0 Å². The maximum atomic E-state index is 12.0. The smallest absolute Gasteiger partial charge is 0.249 e. The molecule has 1 unspecified atom stereocenters. The molecule has 21 heavy (non-hydrogen) atoms. The number of rotatable bonds is 4. The molecule has 2 rings (SSSR count). The molecule has 5 heteroatoms. The van der Waals surface area contributed by atoms with Crippen molar-refractivity contribution in [3.05, 3.63) is 23.8 Å². The third kappa shape index (κ3) is 3.17. The van der Waals surface area contributed by atoms with Crippen molar-refractivity contribution in [1.29, 1.82) is 0 Å². The number of benzene rings is 1. The Bertz CT molecular complexity index is 554. The van der Waals surface area contributed by atoms with Crippen LogP contribution in [0.1, 0.15) is 38.2 Å². The van der Waals surface area contributed by atoms with E-state index in [1.54, 1.807) is 7.11 Å². The second-order valence-corrected chi connectivity index (χ2v) is 5.66. The third-order valence-corrected chi connectivity index (χ3v) is 3.93. The Morgan fingerprint density at radius 2 is 2.05 bits per heavy atom. The number of ether oxygens (including phenoxy) is 1. The van der Waals surface area contributed by atoms with Gasteiger partial charge < -0.3 is 9.64 Å². The Kier molecular flexibility index (Phi) is 4.50. The number of carbonyl (C=O) groups excluding carboxylic acids is 2. The fourth-order valence-electron chi connectivity index (χ4n) is 2.56. The normalized spacial score (nSPS) is 18.6. The number of nitrogens with zero attached hydrogens (tertiary/aromatic N) is 1. The van der Waals surface area contributed by atoms with E-state index in [1.807, 2.05) is 30.1 Å². The van der Waals surface area contributed by atoms with Crippen molar-refractivity contribution in [2.45, 2.75) is 38.6 Å². The first-order chi connectivity index (χ1) is 9.93. The van der Waals surface area contributed by atoms with Crippen molar-refractivity contribution >= 4 is 17.5 Å². The molecule has 0 radical (unpaired) electrons. The topological polar surface area (TPSA) is 58.6 Å². The SMILES string of the molecule is COc1cc(C(C)C)ccc1N(C)C1CCC(=O)NC1=O. The maximum absolute atomic E-state index is 12.0. The van der Waals surface area contributed by atoms with Crippen molar-refractivity contribution in [2.75, 3.05) is 19.1 Å². The molecule has 1 fully saturated rings. The van der Waals surface area contributed by atoms with Gasteiger partial charge in [-0.25, -0.2) is 0 Å². The summed E-state index contributed by atoms with van der Waals surface area (Å²) < 4.78 is 5.46. The Balaban J connectivity index is 2.28. The highest BCUT2D eigenvalue weighted by molar-refractivity contribution is 6.01. The van der Waals surface area contributed by atoms with E-state index < -0.39 is 0 Å². The molecule has 0 aromatic heterocycles. The average molecular weight is 290 g/mol. The summed E-state index contributed by atoms with van der Waals surface area (Å²) in [7, 11) is 3.48. The third-order valence-electron chi connectivity index (χ3n) is 3.93. The minimum absolute atomic E-state index is 0.202. The number of imide groups is 1. The lowest BCUT2D eigenvalue weighted by Crippen LogP contribution is -2.51. The van der Waals surface area contributed by atoms with Gasteiger partial charge in [-0.1, -0.05) is 19.9 Å². The number of nitrogens with one attached hydrogen (secondary N) is 1. The lowest BCUT2D eigenvalue weighted by molar-refractivity contribution is -0.134. The fraction of sp³-hybridized carbons (Fsp3) is 0.500. The van der Waals surface area contributed by atoms with E-state index in [-0.39, 0.29) is 17.9 Å². The number of piperidine rings is 1. The van der Waals surface area contributed by atoms with Crippen LogP contribution < -0.4 is 15.0 Å². The van der Waals surface area contributed by atoms with Gasteiger partial charge in [0.25, 0.3) is 0 Å². The second kappa shape index (κ2) is 6.16. The van der Waals surface area contributed by atoms with Crippen molar-refractivity contribution in [1.82, 2.24) is 5.32 Å². The lowest BCUT2D eigenvalue weighted by atomic mass is 10.0. The first-order valence-corrected chi connectivity index (χ1v) is 7.18. The van der Waals surface area contributed by atoms with Gasteiger partial charge in [-0.3, -0.25) is 14.9 Å². The van der Waals surface area contributed by atoms with E-state index in [2.05, 4.69) is 19.2 Å². The van der Waals surface area contributed by atoms with Gasteiger partial charge in [-0.05, 0) is 30.0 Å². The monoisotopic (exact) mass is 290 g/mol. The van der Waals surface area contributed by atoms with Gasteiger partial charge in [0, 0.05) is 13.5 Å². The predicted octanol–water partition coefficient (Wildman–Crippen LogP) is 2.06. The summed E-state index contributed by atoms with van der Waals surface area (Å²) in [5.74, 6) is 0.706. The molecule has 1 heterocycles. The van der Waals surface area contributed by atoms with Gasteiger partial charge in [-0.2, -0.15) is 0 Å². The molecule has 1 saturated heterocycles. The number of hydrogen-bond donors (Lipinski definition) is 1. The van der Waals surface area contributed by atoms with Crippen LogP contribution in [0.25, 0.3) is 0 Å². The molecule has 0 bridgehead atoms. The molecule has 1 aromatic carbocycles. The maximum Gasteiger partial charge on any atom is 0.249 e. The highest BCUT2D eigenvalue weighted by Crippen LogP contribution is 2.33. The molecule has 1 atom stereocenters. The number of methoxy groups -OCH3 is 1. The summed E-state index contributed by atoms with van der Waals surface area (Å²) in [6.07, 6.45) is 0.892. The van der Waals surface area contributed by atoms with Gasteiger partial charge in [0.1, 0.15) is 11.8 Å². The molecular weight excluding hydrogens is 268 g/mol. The molecule has 1 aliphatic heterocycles. The van der Waals surface area contributed by atoms with E-state index >= 15 is 0 Å². The van der Waals surface area contributed by atoms with Gasteiger partial charge in [0.15, 0.2) is 0 Å². The van der Waals surface area contributed by atoms with Crippen LogP contribution in [0.5, 0.6) is 5.75 Å². The molecule has 0 aliphatic carbocycles. The lowest BCUT2D eigenvalue weighted by Gasteiger charge is -2.32. The van der Waals surface area contributed by atoms with Crippen molar-refractivity contribution < 1.29 is 14.3 Å². The molecule has 1 aromatic rings. The molecule has 114 valence electrons. The van der Waals surface area contributed by atoms with Gasteiger partial charge in [0.2, 0.25) is 11.8 Å². The zero-order chi connectivity index (χ0) is 15.6.